The molecular formula is C13H15FN2O. The molecule has 0 unspecified atom stereocenters. The lowest BCUT2D eigenvalue weighted by atomic mass is 10.1. The predicted octanol–water partition coefficient (Wildman–Crippen LogP) is 3.05. The zero-order valence-electron chi connectivity index (χ0n) is 9.89. The van der Waals surface area contributed by atoms with Crippen molar-refractivity contribution in [2.75, 3.05) is 0 Å². The van der Waals surface area contributed by atoms with Crippen molar-refractivity contribution >= 4 is 0 Å². The number of hydrogen-bond donors (Lipinski definition) is 1. The number of benzene rings is 1. The molecule has 0 aliphatic rings. The minimum absolute atomic E-state index is 0.0610. The number of hydrogen-bond acceptors (Lipinski definition) is 2. The summed E-state index contributed by atoms with van der Waals surface area (Å²) in [6.07, 6.45) is 3.53. The van der Waals surface area contributed by atoms with E-state index >= 15 is 0 Å². The summed E-state index contributed by atoms with van der Waals surface area (Å²) in [5.41, 5.74) is 1.39. The largest absolute Gasteiger partial charge is 0.507 e. The molecule has 0 aliphatic carbocycles. The van der Waals surface area contributed by atoms with Crippen LogP contribution in [0.25, 0.3) is 11.1 Å². The Labute approximate surface area is 99.5 Å². The van der Waals surface area contributed by atoms with Crippen molar-refractivity contribution in [3.05, 3.63) is 36.4 Å². The molecule has 4 heteroatoms. The Kier molecular flexibility index (Phi) is 3.13. The summed E-state index contributed by atoms with van der Waals surface area (Å²) in [6, 6.07) is 3.99. The van der Waals surface area contributed by atoms with Gasteiger partial charge in [0.25, 0.3) is 0 Å². The van der Waals surface area contributed by atoms with Gasteiger partial charge < -0.3 is 5.11 Å². The molecule has 0 amide bonds. The summed E-state index contributed by atoms with van der Waals surface area (Å²) in [4.78, 5) is 0. The fourth-order valence-corrected chi connectivity index (χ4v) is 1.73. The first-order valence-electron chi connectivity index (χ1n) is 5.57. The van der Waals surface area contributed by atoms with Crippen molar-refractivity contribution in [1.29, 1.82) is 0 Å². The first kappa shape index (κ1) is 11.6. The van der Waals surface area contributed by atoms with Crippen LogP contribution in [0.3, 0.4) is 0 Å². The lowest BCUT2D eigenvalue weighted by molar-refractivity contribution is 0.471. The fraction of sp³-hybridized carbons (Fsp3) is 0.308. The number of halogens is 1. The summed E-state index contributed by atoms with van der Waals surface area (Å²) >= 11 is 0. The minimum Gasteiger partial charge on any atom is -0.507 e. The van der Waals surface area contributed by atoms with Gasteiger partial charge in [-0.2, -0.15) is 5.10 Å². The topological polar surface area (TPSA) is 38.0 Å². The first-order valence-corrected chi connectivity index (χ1v) is 5.57. The van der Waals surface area contributed by atoms with Crippen molar-refractivity contribution in [2.24, 2.45) is 5.92 Å². The van der Waals surface area contributed by atoms with Gasteiger partial charge in [0.2, 0.25) is 0 Å². The molecule has 1 N–H and O–H groups in total. The van der Waals surface area contributed by atoms with Gasteiger partial charge in [-0.3, -0.25) is 4.68 Å². The van der Waals surface area contributed by atoms with Gasteiger partial charge in [0, 0.05) is 29.9 Å². The molecule has 1 aromatic heterocycles. The van der Waals surface area contributed by atoms with E-state index < -0.39 is 5.82 Å². The summed E-state index contributed by atoms with van der Waals surface area (Å²) in [5.74, 6) is -0.000478. The second kappa shape index (κ2) is 4.57. The molecule has 0 bridgehead atoms. The zero-order chi connectivity index (χ0) is 12.4. The van der Waals surface area contributed by atoms with Crippen LogP contribution in [-0.2, 0) is 6.54 Å². The van der Waals surface area contributed by atoms with Crippen LogP contribution in [0.15, 0.2) is 30.6 Å². The molecule has 1 heterocycles. The van der Waals surface area contributed by atoms with E-state index in [9.17, 15) is 9.50 Å². The highest BCUT2D eigenvalue weighted by Gasteiger charge is 2.08. The molecule has 0 fully saturated rings. The molecule has 0 saturated carbocycles. The molecule has 2 aromatic rings. The highest BCUT2D eigenvalue weighted by molar-refractivity contribution is 5.68. The van der Waals surface area contributed by atoms with E-state index in [0.29, 0.717) is 11.5 Å². The van der Waals surface area contributed by atoms with Crippen molar-refractivity contribution in [3.63, 3.8) is 0 Å². The van der Waals surface area contributed by atoms with Crippen LogP contribution in [-0.4, -0.2) is 14.9 Å². The van der Waals surface area contributed by atoms with Crippen LogP contribution < -0.4 is 0 Å². The van der Waals surface area contributed by atoms with Crippen LogP contribution in [0.4, 0.5) is 4.39 Å². The van der Waals surface area contributed by atoms with E-state index in [1.54, 1.807) is 12.3 Å². The standard InChI is InChI=1S/C13H15FN2O/c1-9(2)7-16-8-10(6-15-16)12-4-3-11(14)5-13(12)17/h3-6,8-9,17H,7H2,1-2H3. The maximum Gasteiger partial charge on any atom is 0.126 e. The van der Waals surface area contributed by atoms with E-state index in [0.717, 1.165) is 18.2 Å². The Morgan fingerprint density at radius 3 is 2.82 bits per heavy atom. The number of nitrogens with zero attached hydrogens (tertiary/aromatic N) is 2. The minimum atomic E-state index is -0.444. The Morgan fingerprint density at radius 2 is 2.18 bits per heavy atom. The van der Waals surface area contributed by atoms with Crippen molar-refractivity contribution in [2.45, 2.75) is 20.4 Å². The van der Waals surface area contributed by atoms with Crippen LogP contribution in [0.1, 0.15) is 13.8 Å². The van der Waals surface area contributed by atoms with Gasteiger partial charge in [-0.05, 0) is 18.1 Å². The fourth-order valence-electron chi connectivity index (χ4n) is 1.73. The molecule has 3 nitrogen and oxygen atoms in total. The smallest absolute Gasteiger partial charge is 0.126 e. The van der Waals surface area contributed by atoms with Gasteiger partial charge in [-0.1, -0.05) is 13.8 Å². The van der Waals surface area contributed by atoms with Crippen molar-refractivity contribution in [3.8, 4) is 16.9 Å². The predicted molar refractivity (Wildman–Crippen MR) is 64.1 cm³/mol. The lowest BCUT2D eigenvalue weighted by Gasteiger charge is -2.04. The summed E-state index contributed by atoms with van der Waals surface area (Å²) < 4.78 is 14.7. The Hall–Kier alpha value is -1.84. The van der Waals surface area contributed by atoms with Crippen LogP contribution in [0.5, 0.6) is 5.75 Å². The second-order valence-electron chi connectivity index (χ2n) is 4.51. The van der Waals surface area contributed by atoms with Gasteiger partial charge in [0.1, 0.15) is 11.6 Å². The molecule has 0 radical (unpaired) electrons. The summed E-state index contributed by atoms with van der Waals surface area (Å²) in [6.45, 7) is 5.04. The average Bonchev–Trinajstić information content (AvgIpc) is 2.65. The second-order valence-corrected chi connectivity index (χ2v) is 4.51. The summed E-state index contributed by atoms with van der Waals surface area (Å²) in [5, 5.41) is 13.9. The van der Waals surface area contributed by atoms with Crippen LogP contribution >= 0.6 is 0 Å². The zero-order valence-corrected chi connectivity index (χ0v) is 9.89. The molecule has 0 saturated heterocycles. The normalized spacial score (nSPS) is 11.1. The van der Waals surface area contributed by atoms with Gasteiger partial charge in [0.05, 0.1) is 6.20 Å². The average molecular weight is 234 g/mol. The van der Waals surface area contributed by atoms with Gasteiger partial charge in [-0.15, -0.1) is 0 Å². The van der Waals surface area contributed by atoms with E-state index in [2.05, 4.69) is 18.9 Å². The van der Waals surface area contributed by atoms with E-state index in [4.69, 9.17) is 0 Å². The van der Waals surface area contributed by atoms with Gasteiger partial charge >= 0.3 is 0 Å². The van der Waals surface area contributed by atoms with E-state index in [1.165, 1.54) is 6.07 Å². The molecule has 1 aromatic carbocycles. The molecule has 90 valence electrons. The quantitative estimate of drug-likeness (QED) is 0.886. The van der Waals surface area contributed by atoms with E-state index in [1.807, 2.05) is 10.9 Å². The Morgan fingerprint density at radius 1 is 1.41 bits per heavy atom. The number of phenols is 1. The Bertz CT molecular complexity index is 520. The third kappa shape index (κ3) is 2.64. The first-order chi connectivity index (χ1) is 8.06. The number of aromatic hydroxyl groups is 1. The monoisotopic (exact) mass is 234 g/mol. The lowest BCUT2D eigenvalue weighted by Crippen LogP contribution is -2.03. The highest BCUT2D eigenvalue weighted by Crippen LogP contribution is 2.29. The molecule has 0 spiro atoms. The van der Waals surface area contributed by atoms with Crippen LogP contribution in [0.2, 0.25) is 0 Å². The van der Waals surface area contributed by atoms with Crippen molar-refractivity contribution in [1.82, 2.24) is 9.78 Å². The number of rotatable bonds is 3. The Balaban J connectivity index is 2.30. The molecule has 0 atom stereocenters. The third-order valence-electron chi connectivity index (χ3n) is 2.46. The highest BCUT2D eigenvalue weighted by atomic mass is 19.1. The third-order valence-corrected chi connectivity index (χ3v) is 2.46. The maximum absolute atomic E-state index is 12.9. The van der Waals surface area contributed by atoms with Gasteiger partial charge in [0.15, 0.2) is 0 Å². The molecular weight excluding hydrogens is 219 g/mol. The summed E-state index contributed by atoms with van der Waals surface area (Å²) in [7, 11) is 0. The molecule has 0 aliphatic heterocycles. The van der Waals surface area contributed by atoms with Crippen LogP contribution in [0, 0.1) is 11.7 Å². The molecule has 2 rings (SSSR count). The van der Waals surface area contributed by atoms with Gasteiger partial charge in [-0.25, -0.2) is 4.39 Å². The molecule has 17 heavy (non-hydrogen) atoms. The number of phenolic OH excluding ortho intramolecular Hbond substituents is 1. The number of aromatic nitrogens is 2. The maximum atomic E-state index is 12.9. The van der Waals surface area contributed by atoms with Crippen molar-refractivity contribution < 1.29 is 9.50 Å². The van der Waals surface area contributed by atoms with E-state index in [-0.39, 0.29) is 5.75 Å². The SMILES string of the molecule is CC(C)Cn1cc(-c2ccc(F)cc2O)cn1.